The van der Waals surface area contributed by atoms with Gasteiger partial charge in [-0.05, 0) is 17.5 Å². The Kier molecular flexibility index (Phi) is 5.32. The minimum atomic E-state index is -0.423. The zero-order valence-corrected chi connectivity index (χ0v) is 13.6. The molecule has 1 fully saturated rings. The van der Waals surface area contributed by atoms with Crippen LogP contribution in [0, 0.1) is 5.92 Å². The largest absolute Gasteiger partial charge is 0.391 e. The van der Waals surface area contributed by atoms with Crippen molar-refractivity contribution in [3.63, 3.8) is 0 Å². The van der Waals surface area contributed by atoms with Crippen LogP contribution in [0.1, 0.15) is 11.1 Å². The fourth-order valence-electron chi connectivity index (χ4n) is 3.17. The molecule has 0 aromatic heterocycles. The van der Waals surface area contributed by atoms with Crippen LogP contribution in [0.25, 0.3) is 0 Å². The van der Waals surface area contributed by atoms with Crippen LogP contribution >= 0.6 is 0 Å². The van der Waals surface area contributed by atoms with E-state index < -0.39 is 6.10 Å². The summed E-state index contributed by atoms with van der Waals surface area (Å²) in [6, 6.07) is 7.88. The molecule has 4 N–H and O–H groups in total. The molecule has 0 spiro atoms. The van der Waals surface area contributed by atoms with Crippen molar-refractivity contribution in [1.29, 1.82) is 0 Å². The molecule has 2 atom stereocenters. The van der Waals surface area contributed by atoms with Gasteiger partial charge >= 0.3 is 6.03 Å². The van der Waals surface area contributed by atoms with Crippen molar-refractivity contribution in [2.45, 2.75) is 19.1 Å². The fraction of sp³-hybridized carbons (Fsp3) is 0.529. The predicted octanol–water partition coefficient (Wildman–Crippen LogP) is -0.549. The number of carbonyl (C=O) groups is 2. The Labute approximate surface area is 141 Å². The maximum Gasteiger partial charge on any atom is 0.318 e. The van der Waals surface area contributed by atoms with Crippen LogP contribution in [0.15, 0.2) is 24.3 Å². The Morgan fingerprint density at radius 3 is 2.75 bits per heavy atom. The summed E-state index contributed by atoms with van der Waals surface area (Å²) in [5.41, 5.74) is 2.44. The summed E-state index contributed by atoms with van der Waals surface area (Å²) in [4.78, 5) is 25.8. The van der Waals surface area contributed by atoms with Crippen LogP contribution in [-0.2, 0) is 17.8 Å². The van der Waals surface area contributed by atoms with E-state index in [2.05, 4.69) is 22.0 Å². The highest BCUT2D eigenvalue weighted by molar-refractivity contribution is 5.84. The molecule has 7 nitrogen and oxygen atoms in total. The van der Waals surface area contributed by atoms with Crippen LogP contribution in [0.4, 0.5) is 4.79 Å². The van der Waals surface area contributed by atoms with E-state index in [1.54, 1.807) is 4.90 Å². The number of β-amino-alcohol motifs (C(OH)–C–C–N with tert-alkyl or cyclic N) is 1. The molecule has 0 bridgehead atoms. The molecular formula is C17H24N4O3. The molecule has 2 aliphatic heterocycles. The van der Waals surface area contributed by atoms with Crippen molar-refractivity contribution >= 4 is 11.9 Å². The molecular weight excluding hydrogens is 308 g/mol. The number of carbonyl (C=O) groups excluding carboxylic acids is 2. The number of aliphatic hydroxyl groups excluding tert-OH is 1. The highest BCUT2D eigenvalue weighted by atomic mass is 16.3. The molecule has 2 aliphatic rings. The van der Waals surface area contributed by atoms with E-state index in [1.165, 1.54) is 5.56 Å². The standard InChI is InChI=1S/C17H24N4O3/c22-15-9-18-7-14(15)8-19-16(23)10-20-17(24)21-6-5-12-3-1-2-4-13(12)11-21/h1-4,14-15,18,22H,5-11H2,(H,19,23)(H,20,24). The second kappa shape index (κ2) is 7.63. The molecule has 1 aromatic rings. The Morgan fingerprint density at radius 2 is 2.00 bits per heavy atom. The zero-order chi connectivity index (χ0) is 16.9. The van der Waals surface area contributed by atoms with E-state index >= 15 is 0 Å². The number of fused-ring (bicyclic) bond motifs is 1. The van der Waals surface area contributed by atoms with Crippen molar-refractivity contribution in [3.8, 4) is 0 Å². The Morgan fingerprint density at radius 1 is 1.21 bits per heavy atom. The second-order valence-electron chi connectivity index (χ2n) is 6.39. The van der Waals surface area contributed by atoms with Gasteiger partial charge in [0, 0.05) is 38.6 Å². The number of amides is 3. The van der Waals surface area contributed by atoms with Crippen LogP contribution in [0.2, 0.25) is 0 Å². The molecule has 0 radical (unpaired) electrons. The average molecular weight is 332 g/mol. The van der Waals surface area contributed by atoms with Gasteiger partial charge in [-0.2, -0.15) is 0 Å². The Bertz CT molecular complexity index is 607. The Hall–Kier alpha value is -2.12. The van der Waals surface area contributed by atoms with Gasteiger partial charge in [0.2, 0.25) is 5.91 Å². The molecule has 7 heteroatoms. The number of nitrogens with zero attached hydrogens (tertiary/aromatic N) is 1. The smallest absolute Gasteiger partial charge is 0.318 e. The molecule has 2 heterocycles. The predicted molar refractivity (Wildman–Crippen MR) is 89.3 cm³/mol. The van der Waals surface area contributed by atoms with Crippen molar-refractivity contribution in [1.82, 2.24) is 20.9 Å². The first-order valence-electron chi connectivity index (χ1n) is 8.38. The minimum absolute atomic E-state index is 0.0308. The second-order valence-corrected chi connectivity index (χ2v) is 6.39. The maximum absolute atomic E-state index is 12.2. The van der Waals surface area contributed by atoms with E-state index in [0.29, 0.717) is 32.7 Å². The summed E-state index contributed by atoms with van der Waals surface area (Å²) in [6.07, 6.45) is 0.413. The fourth-order valence-corrected chi connectivity index (χ4v) is 3.17. The molecule has 1 aromatic carbocycles. The molecule has 2 unspecified atom stereocenters. The summed E-state index contributed by atoms with van der Waals surface area (Å²) < 4.78 is 0. The van der Waals surface area contributed by atoms with E-state index in [0.717, 1.165) is 12.0 Å². The molecule has 0 aliphatic carbocycles. The number of hydrogen-bond acceptors (Lipinski definition) is 4. The lowest BCUT2D eigenvalue weighted by molar-refractivity contribution is -0.120. The van der Waals surface area contributed by atoms with Crippen LogP contribution in [0.3, 0.4) is 0 Å². The number of aliphatic hydroxyl groups is 1. The Balaban J connectivity index is 1.40. The minimum Gasteiger partial charge on any atom is -0.391 e. The quantitative estimate of drug-likeness (QED) is 0.595. The van der Waals surface area contributed by atoms with E-state index in [-0.39, 0.29) is 24.4 Å². The monoisotopic (exact) mass is 332 g/mol. The summed E-state index contributed by atoms with van der Waals surface area (Å²) in [6.45, 7) is 2.86. The number of hydrogen-bond donors (Lipinski definition) is 4. The zero-order valence-electron chi connectivity index (χ0n) is 13.6. The third-order valence-corrected chi connectivity index (χ3v) is 4.68. The summed E-state index contributed by atoms with van der Waals surface area (Å²) >= 11 is 0. The van der Waals surface area contributed by atoms with Gasteiger partial charge in [-0.25, -0.2) is 4.79 Å². The molecule has 0 saturated carbocycles. The van der Waals surface area contributed by atoms with Gasteiger partial charge in [0.25, 0.3) is 0 Å². The van der Waals surface area contributed by atoms with Gasteiger partial charge in [-0.1, -0.05) is 24.3 Å². The van der Waals surface area contributed by atoms with E-state index in [1.807, 2.05) is 18.2 Å². The van der Waals surface area contributed by atoms with Crippen molar-refractivity contribution < 1.29 is 14.7 Å². The van der Waals surface area contributed by atoms with Crippen LogP contribution in [-0.4, -0.2) is 60.8 Å². The lowest BCUT2D eigenvalue weighted by atomic mass is 10.0. The highest BCUT2D eigenvalue weighted by Gasteiger charge is 2.25. The van der Waals surface area contributed by atoms with Gasteiger partial charge in [-0.15, -0.1) is 0 Å². The topological polar surface area (TPSA) is 93.7 Å². The number of benzene rings is 1. The number of nitrogens with one attached hydrogen (secondary N) is 3. The lowest BCUT2D eigenvalue weighted by Gasteiger charge is -2.28. The first-order valence-corrected chi connectivity index (χ1v) is 8.38. The third kappa shape index (κ3) is 4.04. The summed E-state index contributed by atoms with van der Waals surface area (Å²) in [7, 11) is 0. The van der Waals surface area contributed by atoms with Crippen molar-refractivity contribution in [2.75, 3.05) is 32.7 Å². The van der Waals surface area contributed by atoms with Crippen LogP contribution in [0.5, 0.6) is 0 Å². The normalized spacial score (nSPS) is 22.8. The first kappa shape index (κ1) is 16.7. The van der Waals surface area contributed by atoms with Gasteiger partial charge in [0.05, 0.1) is 12.6 Å². The van der Waals surface area contributed by atoms with Crippen LogP contribution < -0.4 is 16.0 Å². The van der Waals surface area contributed by atoms with Gasteiger partial charge < -0.3 is 26.0 Å². The van der Waals surface area contributed by atoms with Gasteiger partial charge in [0.1, 0.15) is 0 Å². The first-order chi connectivity index (χ1) is 11.6. The maximum atomic E-state index is 12.2. The molecule has 130 valence electrons. The lowest BCUT2D eigenvalue weighted by Crippen LogP contribution is -2.47. The van der Waals surface area contributed by atoms with Gasteiger partial charge in [0.15, 0.2) is 0 Å². The van der Waals surface area contributed by atoms with Gasteiger partial charge in [-0.3, -0.25) is 4.79 Å². The summed E-state index contributed by atoms with van der Waals surface area (Å²) in [5.74, 6) is -0.205. The third-order valence-electron chi connectivity index (χ3n) is 4.68. The number of urea groups is 1. The van der Waals surface area contributed by atoms with Crippen molar-refractivity contribution in [2.24, 2.45) is 5.92 Å². The average Bonchev–Trinajstić information content (AvgIpc) is 3.02. The van der Waals surface area contributed by atoms with E-state index in [4.69, 9.17) is 0 Å². The van der Waals surface area contributed by atoms with E-state index in [9.17, 15) is 14.7 Å². The molecule has 3 amide bonds. The SMILES string of the molecule is O=C(CNC(=O)N1CCc2ccccc2C1)NCC1CNCC1O. The molecule has 3 rings (SSSR count). The van der Waals surface area contributed by atoms with Crippen molar-refractivity contribution in [3.05, 3.63) is 35.4 Å². The molecule has 1 saturated heterocycles. The summed E-state index contributed by atoms with van der Waals surface area (Å²) in [5, 5.41) is 18.2. The molecule has 24 heavy (non-hydrogen) atoms. The number of rotatable bonds is 4. The highest BCUT2D eigenvalue weighted by Crippen LogP contribution is 2.18.